The van der Waals surface area contributed by atoms with Gasteiger partial charge in [0.2, 0.25) is 5.91 Å². The maximum atomic E-state index is 12.5. The molecule has 0 aliphatic heterocycles. The van der Waals surface area contributed by atoms with Gasteiger partial charge in [0.25, 0.3) is 0 Å². The minimum Gasteiger partial charge on any atom is -0.441 e. The lowest BCUT2D eigenvalue weighted by Gasteiger charge is -2.09. The van der Waals surface area contributed by atoms with Crippen LogP contribution in [-0.4, -0.2) is 15.5 Å². The zero-order chi connectivity index (χ0) is 19.0. The molecule has 0 aliphatic rings. The van der Waals surface area contributed by atoms with E-state index in [1.54, 1.807) is 30.5 Å². The zero-order valence-electron chi connectivity index (χ0n) is 14.9. The second kappa shape index (κ2) is 6.85. The van der Waals surface area contributed by atoms with Crippen LogP contribution in [0.15, 0.2) is 57.1 Å². The van der Waals surface area contributed by atoms with E-state index >= 15 is 0 Å². The van der Waals surface area contributed by atoms with Crippen LogP contribution in [0.2, 0.25) is 0 Å². The van der Waals surface area contributed by atoms with Crippen molar-refractivity contribution in [2.75, 3.05) is 5.32 Å². The molecule has 27 heavy (non-hydrogen) atoms. The van der Waals surface area contributed by atoms with E-state index in [9.17, 15) is 9.59 Å². The van der Waals surface area contributed by atoms with Gasteiger partial charge in [0.05, 0.1) is 5.69 Å². The summed E-state index contributed by atoms with van der Waals surface area (Å²) in [6.07, 6.45) is 0. The summed E-state index contributed by atoms with van der Waals surface area (Å²) in [6.45, 7) is 3.72. The summed E-state index contributed by atoms with van der Waals surface area (Å²) in [5.74, 6) is 0.296. The first-order chi connectivity index (χ1) is 13.0. The Morgan fingerprint density at radius 1 is 1.19 bits per heavy atom. The number of benzene rings is 2. The molecule has 0 spiro atoms. The molecule has 2 heterocycles. The molecule has 0 saturated carbocycles. The van der Waals surface area contributed by atoms with E-state index in [1.165, 1.54) is 4.57 Å². The molecule has 0 unspecified atom stereocenters. The molecule has 0 saturated heterocycles. The Labute approximate surface area is 159 Å². The van der Waals surface area contributed by atoms with Crippen LogP contribution in [0.5, 0.6) is 0 Å². The highest BCUT2D eigenvalue weighted by Gasteiger charge is 2.13. The fraction of sp³-hybridized carbons (Fsp3) is 0.150. The van der Waals surface area contributed by atoms with Gasteiger partial charge in [-0.25, -0.2) is 4.98 Å². The van der Waals surface area contributed by atoms with E-state index in [-0.39, 0.29) is 17.3 Å². The van der Waals surface area contributed by atoms with Crippen LogP contribution in [-0.2, 0) is 11.3 Å². The first-order valence-corrected chi connectivity index (χ1v) is 9.30. The number of aryl methyl sites for hydroxylation is 2. The second-order valence-corrected chi connectivity index (χ2v) is 7.12. The maximum Gasteiger partial charge on any atom is 0.308 e. The Bertz CT molecular complexity index is 1190. The van der Waals surface area contributed by atoms with Gasteiger partial charge in [0.1, 0.15) is 12.1 Å². The van der Waals surface area contributed by atoms with Gasteiger partial charge >= 0.3 is 4.87 Å². The minimum atomic E-state index is -0.275. The van der Waals surface area contributed by atoms with E-state index in [4.69, 9.17) is 4.42 Å². The Balaban J connectivity index is 1.56. The Morgan fingerprint density at radius 3 is 2.74 bits per heavy atom. The number of carbonyl (C=O) groups excluding carboxylic acids is 1. The van der Waals surface area contributed by atoms with Crippen molar-refractivity contribution in [2.24, 2.45) is 0 Å². The van der Waals surface area contributed by atoms with Crippen LogP contribution in [0.4, 0.5) is 5.69 Å². The third-order valence-electron chi connectivity index (χ3n) is 4.21. The van der Waals surface area contributed by atoms with Crippen molar-refractivity contribution < 1.29 is 9.21 Å². The van der Waals surface area contributed by atoms with E-state index in [1.807, 2.05) is 31.2 Å². The molecule has 2 aromatic carbocycles. The van der Waals surface area contributed by atoms with Gasteiger partial charge in [-0.15, -0.1) is 0 Å². The minimum absolute atomic E-state index is 0.0541. The highest BCUT2D eigenvalue weighted by atomic mass is 32.1. The molecule has 0 atom stereocenters. The number of aromatic nitrogens is 2. The Morgan fingerprint density at radius 2 is 1.96 bits per heavy atom. The first-order valence-electron chi connectivity index (χ1n) is 8.42. The van der Waals surface area contributed by atoms with Gasteiger partial charge in [-0.1, -0.05) is 41.2 Å². The molecular formula is C20H17N3O3S. The number of hydrogen-bond donors (Lipinski definition) is 1. The molecule has 1 N–H and O–H groups in total. The molecule has 2 aromatic heterocycles. The lowest BCUT2D eigenvalue weighted by molar-refractivity contribution is -0.116. The summed E-state index contributed by atoms with van der Waals surface area (Å²) < 4.78 is 6.92. The number of rotatable bonds is 4. The molecule has 4 rings (SSSR count). The molecule has 0 fully saturated rings. The number of anilines is 1. The van der Waals surface area contributed by atoms with Gasteiger partial charge in [-0.3, -0.25) is 14.2 Å². The topological polar surface area (TPSA) is 77.1 Å². The third-order valence-corrected chi connectivity index (χ3v) is 4.97. The van der Waals surface area contributed by atoms with Crippen LogP contribution < -0.4 is 10.2 Å². The fourth-order valence-corrected chi connectivity index (χ4v) is 3.66. The van der Waals surface area contributed by atoms with Crippen LogP contribution in [0, 0.1) is 13.8 Å². The van der Waals surface area contributed by atoms with Crippen LogP contribution in [0.25, 0.3) is 22.4 Å². The number of amides is 1. The average molecular weight is 379 g/mol. The predicted molar refractivity (Wildman–Crippen MR) is 106 cm³/mol. The Hall–Kier alpha value is -3.19. The van der Waals surface area contributed by atoms with E-state index < -0.39 is 0 Å². The van der Waals surface area contributed by atoms with Gasteiger partial charge in [-0.05, 0) is 30.7 Å². The fourth-order valence-electron chi connectivity index (χ4n) is 2.89. The van der Waals surface area contributed by atoms with Crippen molar-refractivity contribution in [3.8, 4) is 11.3 Å². The van der Waals surface area contributed by atoms with Gasteiger partial charge in [0, 0.05) is 18.0 Å². The molecule has 136 valence electrons. The average Bonchev–Trinajstić information content (AvgIpc) is 3.17. The van der Waals surface area contributed by atoms with E-state index in [2.05, 4.69) is 10.3 Å². The quantitative estimate of drug-likeness (QED) is 0.582. The van der Waals surface area contributed by atoms with Crippen molar-refractivity contribution in [3.05, 3.63) is 69.0 Å². The summed E-state index contributed by atoms with van der Waals surface area (Å²) in [5.41, 5.74) is 4.74. The molecule has 6 nitrogen and oxygen atoms in total. The van der Waals surface area contributed by atoms with Gasteiger partial charge in [-0.2, -0.15) is 0 Å². The van der Waals surface area contributed by atoms with Crippen LogP contribution in [0.1, 0.15) is 11.5 Å². The number of carbonyl (C=O) groups is 1. The lowest BCUT2D eigenvalue weighted by Crippen LogP contribution is -2.25. The predicted octanol–water partition coefficient (Wildman–Crippen LogP) is 3.97. The summed E-state index contributed by atoms with van der Waals surface area (Å²) >= 11 is 1.09. The standard InChI is InChI=1S/C20H17N3O3S/c1-12-3-5-14(6-4-12)17-11-27-20(25)23(17)10-19(24)22-15-7-8-18-16(9-15)21-13(2)26-18/h3-9,11H,10H2,1-2H3,(H,22,24). The highest BCUT2D eigenvalue weighted by Crippen LogP contribution is 2.22. The zero-order valence-corrected chi connectivity index (χ0v) is 15.7. The molecule has 1 amide bonds. The normalized spacial score (nSPS) is 11.0. The van der Waals surface area contributed by atoms with Crippen molar-refractivity contribution in [3.63, 3.8) is 0 Å². The maximum absolute atomic E-state index is 12.5. The van der Waals surface area contributed by atoms with Gasteiger partial charge < -0.3 is 9.73 Å². The third kappa shape index (κ3) is 3.54. The number of nitrogens with one attached hydrogen (secondary N) is 1. The van der Waals surface area contributed by atoms with Crippen molar-refractivity contribution in [1.82, 2.24) is 9.55 Å². The van der Waals surface area contributed by atoms with E-state index in [0.717, 1.165) is 28.2 Å². The number of nitrogens with zero attached hydrogens (tertiary/aromatic N) is 2. The first kappa shape index (κ1) is 17.2. The molecule has 0 aliphatic carbocycles. The SMILES string of the molecule is Cc1ccc(-c2csc(=O)n2CC(=O)Nc2ccc3oc(C)nc3c2)cc1. The summed E-state index contributed by atoms with van der Waals surface area (Å²) in [6, 6.07) is 13.1. The number of fused-ring (bicyclic) bond motifs is 1. The number of oxazole rings is 1. The Kier molecular flexibility index (Phi) is 4.37. The summed E-state index contributed by atoms with van der Waals surface area (Å²) in [5, 5.41) is 4.60. The van der Waals surface area contributed by atoms with Gasteiger partial charge in [0.15, 0.2) is 11.5 Å². The highest BCUT2D eigenvalue weighted by molar-refractivity contribution is 7.07. The van der Waals surface area contributed by atoms with Crippen molar-refractivity contribution in [2.45, 2.75) is 20.4 Å². The number of hydrogen-bond acceptors (Lipinski definition) is 5. The molecule has 0 bridgehead atoms. The molecule has 0 radical (unpaired) electrons. The number of thiazole rings is 1. The van der Waals surface area contributed by atoms with Crippen molar-refractivity contribution >= 4 is 34.0 Å². The smallest absolute Gasteiger partial charge is 0.308 e. The monoisotopic (exact) mass is 379 g/mol. The lowest BCUT2D eigenvalue weighted by atomic mass is 10.1. The molecular weight excluding hydrogens is 362 g/mol. The summed E-state index contributed by atoms with van der Waals surface area (Å²) in [4.78, 5) is 28.8. The van der Waals surface area contributed by atoms with E-state index in [0.29, 0.717) is 22.7 Å². The van der Waals surface area contributed by atoms with Crippen LogP contribution >= 0.6 is 11.3 Å². The van der Waals surface area contributed by atoms with Crippen molar-refractivity contribution in [1.29, 1.82) is 0 Å². The molecule has 4 aromatic rings. The summed E-state index contributed by atoms with van der Waals surface area (Å²) in [7, 11) is 0. The molecule has 7 heteroatoms. The second-order valence-electron chi connectivity index (χ2n) is 6.30. The van der Waals surface area contributed by atoms with Crippen LogP contribution in [0.3, 0.4) is 0 Å². The largest absolute Gasteiger partial charge is 0.441 e.